The molecule has 0 aliphatic rings. The van der Waals surface area contributed by atoms with Gasteiger partial charge in [-0.1, -0.05) is 71.9 Å². The zero-order chi connectivity index (χ0) is 12.6. The Morgan fingerprint density at radius 3 is 1.75 bits per heavy atom. The molecule has 92 valence electrons. The maximum atomic E-state index is 2.32. The van der Waals surface area contributed by atoms with Crippen LogP contribution < -0.4 is 0 Å². The van der Waals surface area contributed by atoms with Gasteiger partial charge >= 0.3 is 0 Å². The lowest BCUT2D eigenvalue weighted by atomic mass is 9.82. The van der Waals surface area contributed by atoms with E-state index in [1.54, 1.807) is 0 Å². The molecule has 1 atom stereocenters. The summed E-state index contributed by atoms with van der Waals surface area (Å²) in [5.74, 6) is 2.23. The van der Waals surface area contributed by atoms with E-state index in [0.29, 0.717) is 0 Å². The van der Waals surface area contributed by atoms with Crippen LogP contribution in [0.15, 0.2) is 30.3 Å². The van der Waals surface area contributed by atoms with Gasteiger partial charge in [0.05, 0.1) is 0 Å². The SMILES string of the molecule is CC.CC(C)CC(c1ccccc1)C(C)C. The summed E-state index contributed by atoms with van der Waals surface area (Å²) in [6.07, 6.45) is 1.29. The van der Waals surface area contributed by atoms with Gasteiger partial charge in [0.2, 0.25) is 0 Å². The zero-order valence-corrected chi connectivity index (χ0v) is 11.8. The van der Waals surface area contributed by atoms with E-state index in [1.807, 2.05) is 13.8 Å². The summed E-state index contributed by atoms with van der Waals surface area (Å²) in [6.45, 7) is 13.2. The van der Waals surface area contributed by atoms with Gasteiger partial charge in [-0.3, -0.25) is 0 Å². The van der Waals surface area contributed by atoms with Crippen LogP contribution in [0.5, 0.6) is 0 Å². The molecular weight excluding hydrogens is 192 g/mol. The van der Waals surface area contributed by atoms with Crippen LogP contribution in [0.1, 0.15) is 59.4 Å². The Morgan fingerprint density at radius 1 is 0.875 bits per heavy atom. The van der Waals surface area contributed by atoms with Crippen molar-refractivity contribution in [2.45, 2.75) is 53.9 Å². The molecule has 1 rings (SSSR count). The fraction of sp³-hybridized carbons (Fsp3) is 0.625. The quantitative estimate of drug-likeness (QED) is 0.628. The minimum Gasteiger partial charge on any atom is -0.0683 e. The molecule has 0 amide bonds. The molecule has 0 aliphatic heterocycles. The van der Waals surface area contributed by atoms with Gasteiger partial charge in [0.25, 0.3) is 0 Å². The molecule has 0 aliphatic carbocycles. The second kappa shape index (κ2) is 8.38. The van der Waals surface area contributed by atoms with E-state index in [2.05, 4.69) is 58.0 Å². The van der Waals surface area contributed by atoms with Gasteiger partial charge in [-0.2, -0.15) is 0 Å². The van der Waals surface area contributed by atoms with Crippen LogP contribution in [-0.4, -0.2) is 0 Å². The van der Waals surface area contributed by atoms with Crippen molar-refractivity contribution in [3.05, 3.63) is 35.9 Å². The summed E-state index contributed by atoms with van der Waals surface area (Å²) in [4.78, 5) is 0. The highest BCUT2D eigenvalue weighted by Crippen LogP contribution is 2.30. The largest absolute Gasteiger partial charge is 0.0683 e. The van der Waals surface area contributed by atoms with Crippen molar-refractivity contribution in [3.8, 4) is 0 Å². The van der Waals surface area contributed by atoms with Gasteiger partial charge in [-0.05, 0) is 29.7 Å². The van der Waals surface area contributed by atoms with Crippen LogP contribution in [0.25, 0.3) is 0 Å². The Balaban J connectivity index is 0.00000106. The molecule has 0 saturated heterocycles. The maximum absolute atomic E-state index is 2.32. The topological polar surface area (TPSA) is 0 Å². The summed E-state index contributed by atoms with van der Waals surface area (Å²) in [7, 11) is 0. The van der Waals surface area contributed by atoms with Gasteiger partial charge < -0.3 is 0 Å². The lowest BCUT2D eigenvalue weighted by molar-refractivity contribution is 0.408. The van der Waals surface area contributed by atoms with Crippen LogP contribution in [0, 0.1) is 11.8 Å². The predicted molar refractivity (Wildman–Crippen MR) is 74.8 cm³/mol. The first-order valence-electron chi connectivity index (χ1n) is 6.66. The Morgan fingerprint density at radius 2 is 1.38 bits per heavy atom. The molecule has 0 heterocycles. The standard InChI is InChI=1S/C14H22.C2H6/c1-11(2)10-14(12(3)4)13-8-6-5-7-9-13;1-2/h5-9,11-12,14H,10H2,1-4H3;1-2H3. The maximum Gasteiger partial charge on any atom is -0.0136 e. The molecule has 0 bridgehead atoms. The molecular formula is C16H28. The molecule has 0 spiro atoms. The van der Waals surface area contributed by atoms with Crippen LogP contribution in [-0.2, 0) is 0 Å². The van der Waals surface area contributed by atoms with Crippen LogP contribution >= 0.6 is 0 Å². The molecule has 0 radical (unpaired) electrons. The van der Waals surface area contributed by atoms with E-state index in [9.17, 15) is 0 Å². The highest BCUT2D eigenvalue weighted by Gasteiger charge is 2.16. The highest BCUT2D eigenvalue weighted by atomic mass is 14.2. The van der Waals surface area contributed by atoms with Crippen molar-refractivity contribution < 1.29 is 0 Å². The smallest absolute Gasteiger partial charge is 0.0136 e. The van der Waals surface area contributed by atoms with Gasteiger partial charge in [0.1, 0.15) is 0 Å². The molecule has 0 aromatic heterocycles. The fourth-order valence-corrected chi connectivity index (χ4v) is 2.00. The second-order valence-electron chi connectivity index (χ2n) is 4.89. The summed E-state index contributed by atoms with van der Waals surface area (Å²) in [6, 6.07) is 10.9. The monoisotopic (exact) mass is 220 g/mol. The van der Waals surface area contributed by atoms with E-state index in [0.717, 1.165) is 17.8 Å². The second-order valence-corrected chi connectivity index (χ2v) is 4.89. The van der Waals surface area contributed by atoms with E-state index < -0.39 is 0 Å². The number of hydrogen-bond acceptors (Lipinski definition) is 0. The minimum absolute atomic E-state index is 0.719. The zero-order valence-electron chi connectivity index (χ0n) is 11.8. The fourth-order valence-electron chi connectivity index (χ4n) is 2.00. The first-order chi connectivity index (χ1) is 7.61. The van der Waals surface area contributed by atoms with Gasteiger partial charge in [-0.15, -0.1) is 0 Å². The lowest BCUT2D eigenvalue weighted by Gasteiger charge is -2.23. The molecule has 1 unspecified atom stereocenters. The summed E-state index contributed by atoms with van der Waals surface area (Å²) in [5, 5.41) is 0. The van der Waals surface area contributed by atoms with Crippen molar-refractivity contribution in [2.24, 2.45) is 11.8 Å². The first kappa shape index (κ1) is 15.2. The minimum atomic E-state index is 0.719. The average Bonchev–Trinajstić information content (AvgIpc) is 2.29. The highest BCUT2D eigenvalue weighted by molar-refractivity contribution is 5.20. The third-order valence-electron chi connectivity index (χ3n) is 2.76. The summed E-state index contributed by atoms with van der Waals surface area (Å²) >= 11 is 0. The Kier molecular flexibility index (Phi) is 7.97. The molecule has 0 N–H and O–H groups in total. The summed E-state index contributed by atoms with van der Waals surface area (Å²) < 4.78 is 0. The molecule has 0 nitrogen and oxygen atoms in total. The number of hydrogen-bond donors (Lipinski definition) is 0. The van der Waals surface area contributed by atoms with Gasteiger partial charge in [0, 0.05) is 0 Å². The normalized spacial score (nSPS) is 12.2. The van der Waals surface area contributed by atoms with Crippen LogP contribution in [0.4, 0.5) is 0 Å². The number of rotatable bonds is 4. The number of benzene rings is 1. The van der Waals surface area contributed by atoms with E-state index >= 15 is 0 Å². The summed E-state index contributed by atoms with van der Waals surface area (Å²) in [5.41, 5.74) is 1.50. The van der Waals surface area contributed by atoms with Gasteiger partial charge in [-0.25, -0.2) is 0 Å². The molecule has 1 aromatic carbocycles. The average molecular weight is 220 g/mol. The molecule has 0 saturated carbocycles. The molecule has 0 heteroatoms. The third-order valence-corrected chi connectivity index (χ3v) is 2.76. The van der Waals surface area contributed by atoms with Crippen molar-refractivity contribution in [3.63, 3.8) is 0 Å². The Hall–Kier alpha value is -0.780. The van der Waals surface area contributed by atoms with E-state index in [-0.39, 0.29) is 0 Å². The van der Waals surface area contributed by atoms with E-state index in [4.69, 9.17) is 0 Å². The predicted octanol–water partition coefficient (Wildman–Crippen LogP) is 5.50. The molecule has 1 aromatic rings. The van der Waals surface area contributed by atoms with Crippen molar-refractivity contribution in [1.29, 1.82) is 0 Å². The third kappa shape index (κ3) is 5.34. The lowest BCUT2D eigenvalue weighted by Crippen LogP contribution is -2.09. The van der Waals surface area contributed by atoms with Crippen molar-refractivity contribution in [1.82, 2.24) is 0 Å². The molecule has 16 heavy (non-hydrogen) atoms. The Labute approximate surface area is 102 Å². The van der Waals surface area contributed by atoms with Crippen molar-refractivity contribution >= 4 is 0 Å². The van der Waals surface area contributed by atoms with Crippen molar-refractivity contribution in [2.75, 3.05) is 0 Å². The Bertz CT molecular complexity index is 246. The van der Waals surface area contributed by atoms with Gasteiger partial charge in [0.15, 0.2) is 0 Å². The van der Waals surface area contributed by atoms with Crippen LogP contribution in [0.3, 0.4) is 0 Å². The van der Waals surface area contributed by atoms with E-state index in [1.165, 1.54) is 12.0 Å². The first-order valence-corrected chi connectivity index (χ1v) is 6.66. The molecule has 0 fully saturated rings. The van der Waals surface area contributed by atoms with Crippen LogP contribution in [0.2, 0.25) is 0 Å².